The van der Waals surface area contributed by atoms with Gasteiger partial charge in [0.15, 0.2) is 0 Å². The molecule has 0 bridgehead atoms. The molecule has 1 heterocycles. The summed E-state index contributed by atoms with van der Waals surface area (Å²) in [6, 6.07) is 7.01. The Hall–Kier alpha value is -1.75. The van der Waals surface area contributed by atoms with E-state index in [9.17, 15) is 4.39 Å². The Bertz CT molecular complexity index is 509. The van der Waals surface area contributed by atoms with Gasteiger partial charge in [-0.25, -0.2) is 9.37 Å². The zero-order valence-corrected chi connectivity index (χ0v) is 10.6. The van der Waals surface area contributed by atoms with E-state index in [0.29, 0.717) is 6.42 Å². The molecule has 1 unspecified atom stereocenters. The van der Waals surface area contributed by atoms with Crippen molar-refractivity contribution in [3.63, 3.8) is 0 Å². The molecule has 0 spiro atoms. The Kier molecular flexibility index (Phi) is 4.04. The van der Waals surface area contributed by atoms with Gasteiger partial charge in [-0.1, -0.05) is 18.2 Å². The second-order valence-electron chi connectivity index (χ2n) is 4.29. The maximum absolute atomic E-state index is 13.6. The van der Waals surface area contributed by atoms with Crippen molar-refractivity contribution >= 4 is 0 Å². The average molecular weight is 248 g/mol. The van der Waals surface area contributed by atoms with Gasteiger partial charge in [-0.3, -0.25) is 4.68 Å². The molecule has 0 amide bonds. The standard InChI is InChI=1S/C13H17FN4/c1-15-11(8-13-16-9-17-18(13)2)7-10-5-3-4-6-12(10)14/h3-6,9,11,15H,7-8H2,1-2H3. The summed E-state index contributed by atoms with van der Waals surface area (Å²) in [5.41, 5.74) is 0.721. The maximum Gasteiger partial charge on any atom is 0.138 e. The van der Waals surface area contributed by atoms with Crippen LogP contribution >= 0.6 is 0 Å². The van der Waals surface area contributed by atoms with Crippen molar-refractivity contribution in [2.45, 2.75) is 18.9 Å². The largest absolute Gasteiger partial charge is 0.316 e. The van der Waals surface area contributed by atoms with Gasteiger partial charge < -0.3 is 5.32 Å². The van der Waals surface area contributed by atoms with Crippen LogP contribution in [0.25, 0.3) is 0 Å². The fraction of sp³-hybridized carbons (Fsp3) is 0.385. The SMILES string of the molecule is CNC(Cc1ccccc1F)Cc1ncnn1C. The minimum atomic E-state index is -0.157. The van der Waals surface area contributed by atoms with Crippen molar-refractivity contribution in [1.82, 2.24) is 20.1 Å². The third kappa shape index (κ3) is 2.92. The van der Waals surface area contributed by atoms with E-state index >= 15 is 0 Å². The Morgan fingerprint density at radius 1 is 1.33 bits per heavy atom. The first kappa shape index (κ1) is 12.7. The van der Waals surface area contributed by atoms with Crippen molar-refractivity contribution < 1.29 is 4.39 Å². The Labute approximate surface area is 106 Å². The number of halogens is 1. The van der Waals surface area contributed by atoms with E-state index in [1.165, 1.54) is 12.4 Å². The molecule has 0 aliphatic rings. The number of nitrogens with zero attached hydrogens (tertiary/aromatic N) is 3. The van der Waals surface area contributed by atoms with Crippen molar-refractivity contribution in [3.8, 4) is 0 Å². The molecular weight excluding hydrogens is 231 g/mol. The smallest absolute Gasteiger partial charge is 0.138 e. The molecule has 1 aromatic carbocycles. The number of hydrogen-bond donors (Lipinski definition) is 1. The van der Waals surface area contributed by atoms with Gasteiger partial charge >= 0.3 is 0 Å². The van der Waals surface area contributed by atoms with Crippen LogP contribution in [0.2, 0.25) is 0 Å². The van der Waals surface area contributed by atoms with E-state index in [4.69, 9.17) is 0 Å². The lowest BCUT2D eigenvalue weighted by atomic mass is 10.0. The molecular formula is C13H17FN4. The highest BCUT2D eigenvalue weighted by molar-refractivity contribution is 5.18. The maximum atomic E-state index is 13.6. The highest BCUT2D eigenvalue weighted by atomic mass is 19.1. The van der Waals surface area contributed by atoms with Gasteiger partial charge in [0, 0.05) is 19.5 Å². The van der Waals surface area contributed by atoms with Crippen molar-refractivity contribution in [1.29, 1.82) is 0 Å². The van der Waals surface area contributed by atoms with Gasteiger partial charge in [-0.15, -0.1) is 0 Å². The molecule has 18 heavy (non-hydrogen) atoms. The monoisotopic (exact) mass is 248 g/mol. The summed E-state index contributed by atoms with van der Waals surface area (Å²) >= 11 is 0. The van der Waals surface area contributed by atoms with Gasteiger partial charge in [-0.05, 0) is 25.1 Å². The van der Waals surface area contributed by atoms with Crippen molar-refractivity contribution in [3.05, 3.63) is 47.8 Å². The minimum absolute atomic E-state index is 0.143. The van der Waals surface area contributed by atoms with Crippen LogP contribution in [0.4, 0.5) is 4.39 Å². The van der Waals surface area contributed by atoms with E-state index in [1.807, 2.05) is 26.2 Å². The summed E-state index contributed by atoms with van der Waals surface area (Å²) in [6.45, 7) is 0. The number of benzene rings is 1. The highest BCUT2D eigenvalue weighted by Gasteiger charge is 2.13. The molecule has 0 saturated carbocycles. The number of aromatic nitrogens is 3. The van der Waals surface area contributed by atoms with Gasteiger partial charge in [-0.2, -0.15) is 5.10 Å². The first-order chi connectivity index (χ1) is 8.70. The molecule has 0 aliphatic carbocycles. The molecule has 5 heteroatoms. The zero-order valence-electron chi connectivity index (χ0n) is 10.6. The lowest BCUT2D eigenvalue weighted by Gasteiger charge is -2.16. The predicted octanol–water partition coefficient (Wildman–Crippen LogP) is 1.33. The van der Waals surface area contributed by atoms with Crippen LogP contribution in [0.3, 0.4) is 0 Å². The number of rotatable bonds is 5. The molecule has 1 atom stereocenters. The number of hydrogen-bond acceptors (Lipinski definition) is 3. The summed E-state index contributed by atoms with van der Waals surface area (Å²) in [7, 11) is 3.74. The first-order valence-electron chi connectivity index (χ1n) is 5.94. The summed E-state index contributed by atoms with van der Waals surface area (Å²) in [4.78, 5) is 4.19. The normalized spacial score (nSPS) is 12.6. The van der Waals surface area contributed by atoms with Crippen molar-refractivity contribution in [2.24, 2.45) is 7.05 Å². The minimum Gasteiger partial charge on any atom is -0.316 e. The molecule has 1 N–H and O–H groups in total. The van der Waals surface area contributed by atoms with E-state index in [0.717, 1.165) is 17.8 Å². The van der Waals surface area contributed by atoms with E-state index in [-0.39, 0.29) is 11.9 Å². The predicted molar refractivity (Wildman–Crippen MR) is 67.7 cm³/mol. The van der Waals surface area contributed by atoms with E-state index < -0.39 is 0 Å². The summed E-state index contributed by atoms with van der Waals surface area (Å²) in [5, 5.41) is 7.23. The van der Waals surface area contributed by atoms with Crippen LogP contribution in [-0.2, 0) is 19.9 Å². The molecule has 0 aliphatic heterocycles. The van der Waals surface area contributed by atoms with Crippen LogP contribution in [0.15, 0.2) is 30.6 Å². The fourth-order valence-electron chi connectivity index (χ4n) is 1.93. The summed E-state index contributed by atoms with van der Waals surface area (Å²) < 4.78 is 15.3. The highest BCUT2D eigenvalue weighted by Crippen LogP contribution is 2.11. The van der Waals surface area contributed by atoms with Gasteiger partial charge in [0.25, 0.3) is 0 Å². The molecule has 0 saturated heterocycles. The van der Waals surface area contributed by atoms with Crippen LogP contribution in [0.1, 0.15) is 11.4 Å². The molecule has 1 aromatic heterocycles. The molecule has 2 aromatic rings. The lowest BCUT2D eigenvalue weighted by Crippen LogP contribution is -2.31. The number of likely N-dealkylation sites (N-methyl/N-ethyl adjacent to an activating group) is 1. The molecule has 0 radical (unpaired) electrons. The first-order valence-corrected chi connectivity index (χ1v) is 5.94. The van der Waals surface area contributed by atoms with Gasteiger partial charge in [0.2, 0.25) is 0 Å². The third-order valence-corrected chi connectivity index (χ3v) is 3.07. The van der Waals surface area contributed by atoms with E-state index in [2.05, 4.69) is 15.4 Å². The van der Waals surface area contributed by atoms with Gasteiger partial charge in [0.05, 0.1) is 0 Å². The van der Waals surface area contributed by atoms with Crippen LogP contribution in [0, 0.1) is 5.82 Å². The van der Waals surface area contributed by atoms with Crippen LogP contribution in [-0.4, -0.2) is 27.9 Å². The molecule has 0 fully saturated rings. The summed E-state index contributed by atoms with van der Waals surface area (Å²) in [6.07, 6.45) is 2.89. The Morgan fingerprint density at radius 3 is 2.72 bits per heavy atom. The zero-order chi connectivity index (χ0) is 13.0. The average Bonchev–Trinajstić information content (AvgIpc) is 2.77. The fourth-order valence-corrected chi connectivity index (χ4v) is 1.93. The Balaban J connectivity index is 2.06. The number of aryl methyl sites for hydroxylation is 1. The Morgan fingerprint density at radius 2 is 2.11 bits per heavy atom. The van der Waals surface area contributed by atoms with Gasteiger partial charge in [0.1, 0.15) is 18.0 Å². The summed E-state index contributed by atoms with van der Waals surface area (Å²) in [5.74, 6) is 0.737. The van der Waals surface area contributed by atoms with Crippen LogP contribution in [0.5, 0.6) is 0 Å². The quantitative estimate of drug-likeness (QED) is 0.868. The molecule has 96 valence electrons. The number of nitrogens with one attached hydrogen (secondary N) is 1. The van der Waals surface area contributed by atoms with Crippen LogP contribution < -0.4 is 5.32 Å². The molecule has 2 rings (SSSR count). The van der Waals surface area contributed by atoms with E-state index in [1.54, 1.807) is 10.7 Å². The second kappa shape index (κ2) is 5.73. The third-order valence-electron chi connectivity index (χ3n) is 3.07. The lowest BCUT2D eigenvalue weighted by molar-refractivity contribution is 0.511. The topological polar surface area (TPSA) is 42.7 Å². The molecule has 4 nitrogen and oxygen atoms in total. The van der Waals surface area contributed by atoms with Crippen molar-refractivity contribution in [2.75, 3.05) is 7.05 Å². The second-order valence-corrected chi connectivity index (χ2v) is 4.29.